The predicted octanol–water partition coefficient (Wildman–Crippen LogP) is 1.38. The van der Waals surface area contributed by atoms with Gasteiger partial charge in [0, 0.05) is 18.6 Å². The Hall–Kier alpha value is -1.33. The molecule has 1 N–H and O–H groups in total. The molecule has 5 nitrogen and oxygen atoms in total. The molecule has 104 valence electrons. The van der Waals surface area contributed by atoms with Crippen LogP contribution in [0.3, 0.4) is 0 Å². The first-order valence-electron chi connectivity index (χ1n) is 6.82. The van der Waals surface area contributed by atoms with E-state index in [9.17, 15) is 0 Å². The van der Waals surface area contributed by atoms with E-state index in [0.29, 0.717) is 18.4 Å². The van der Waals surface area contributed by atoms with Crippen molar-refractivity contribution in [1.29, 1.82) is 0 Å². The van der Waals surface area contributed by atoms with Crippen molar-refractivity contribution >= 4 is 0 Å². The summed E-state index contributed by atoms with van der Waals surface area (Å²) in [7, 11) is 1.61. The minimum Gasteiger partial charge on any atom is -0.481 e. The maximum Gasteiger partial charge on any atom is 0.216 e. The molecule has 1 aromatic rings. The largest absolute Gasteiger partial charge is 0.481 e. The van der Waals surface area contributed by atoms with E-state index in [-0.39, 0.29) is 11.7 Å². The van der Waals surface area contributed by atoms with Crippen LogP contribution in [-0.4, -0.2) is 43.5 Å². The second kappa shape index (κ2) is 5.35. The summed E-state index contributed by atoms with van der Waals surface area (Å²) < 4.78 is 17.0. The number of nitrogens with one attached hydrogen (secondary N) is 1. The van der Waals surface area contributed by atoms with Crippen LogP contribution in [0, 0.1) is 0 Å². The Labute approximate surface area is 113 Å². The van der Waals surface area contributed by atoms with E-state index >= 15 is 0 Å². The first-order valence-corrected chi connectivity index (χ1v) is 6.82. The molecule has 2 fully saturated rings. The van der Waals surface area contributed by atoms with Crippen molar-refractivity contribution in [3.05, 3.63) is 18.2 Å². The number of hydrogen-bond acceptors (Lipinski definition) is 5. The molecule has 1 spiro atoms. The van der Waals surface area contributed by atoms with Crippen molar-refractivity contribution in [2.24, 2.45) is 0 Å². The first kappa shape index (κ1) is 12.7. The van der Waals surface area contributed by atoms with Gasteiger partial charge in [-0.2, -0.15) is 4.98 Å². The lowest BCUT2D eigenvalue weighted by molar-refractivity contribution is -0.0205. The van der Waals surface area contributed by atoms with Gasteiger partial charge in [-0.05, 0) is 25.9 Å². The summed E-state index contributed by atoms with van der Waals surface area (Å²) in [6.07, 6.45) is 3.18. The van der Waals surface area contributed by atoms with Gasteiger partial charge in [-0.1, -0.05) is 6.07 Å². The van der Waals surface area contributed by atoms with Crippen molar-refractivity contribution < 1.29 is 14.2 Å². The highest BCUT2D eigenvalue weighted by molar-refractivity contribution is 5.20. The third-order valence-electron chi connectivity index (χ3n) is 3.88. The van der Waals surface area contributed by atoms with Crippen LogP contribution in [0.25, 0.3) is 0 Å². The fraction of sp³-hybridized carbons (Fsp3) is 0.643. The molecule has 0 bridgehead atoms. The van der Waals surface area contributed by atoms with Gasteiger partial charge in [0.15, 0.2) is 0 Å². The topological polar surface area (TPSA) is 52.6 Å². The van der Waals surface area contributed by atoms with Crippen LogP contribution in [0.4, 0.5) is 0 Å². The zero-order chi connectivity index (χ0) is 13.1. The van der Waals surface area contributed by atoms with E-state index in [1.54, 1.807) is 7.11 Å². The second-order valence-corrected chi connectivity index (χ2v) is 5.21. The Morgan fingerprint density at radius 3 is 2.89 bits per heavy atom. The number of piperidine rings is 1. The maximum absolute atomic E-state index is 6.00. The molecule has 19 heavy (non-hydrogen) atoms. The zero-order valence-electron chi connectivity index (χ0n) is 11.2. The Balaban J connectivity index is 1.61. The number of aromatic nitrogens is 1. The highest BCUT2D eigenvalue weighted by Gasteiger charge is 2.42. The van der Waals surface area contributed by atoms with Gasteiger partial charge < -0.3 is 19.5 Å². The van der Waals surface area contributed by atoms with Gasteiger partial charge in [0.25, 0.3) is 0 Å². The normalized spacial score (nSPS) is 25.4. The first-order chi connectivity index (χ1) is 9.30. The molecule has 5 heteroatoms. The third kappa shape index (κ3) is 2.82. The van der Waals surface area contributed by atoms with Gasteiger partial charge in [-0.25, -0.2) is 0 Å². The van der Waals surface area contributed by atoms with Crippen molar-refractivity contribution in [2.45, 2.75) is 31.0 Å². The van der Waals surface area contributed by atoms with E-state index in [4.69, 9.17) is 14.2 Å². The minimum atomic E-state index is 0.0226. The van der Waals surface area contributed by atoms with Gasteiger partial charge in [0.05, 0.1) is 19.3 Å². The second-order valence-electron chi connectivity index (χ2n) is 5.21. The van der Waals surface area contributed by atoms with Crippen LogP contribution in [-0.2, 0) is 4.74 Å². The number of ether oxygens (including phenoxy) is 3. The van der Waals surface area contributed by atoms with Crippen molar-refractivity contribution in [1.82, 2.24) is 10.3 Å². The summed E-state index contributed by atoms with van der Waals surface area (Å²) in [5, 5.41) is 3.37. The standard InChI is InChI=1S/C14H20N2O3/c1-17-12-3-2-4-13(16-12)19-11-9-14(18-10-11)5-7-15-8-6-14/h2-4,11,15H,5-10H2,1H3. The summed E-state index contributed by atoms with van der Waals surface area (Å²) >= 11 is 0. The molecule has 0 aromatic carbocycles. The highest BCUT2D eigenvalue weighted by atomic mass is 16.6. The molecule has 2 aliphatic rings. The lowest BCUT2D eigenvalue weighted by atomic mass is 9.89. The monoisotopic (exact) mass is 264 g/mol. The van der Waals surface area contributed by atoms with Crippen LogP contribution in [0.1, 0.15) is 19.3 Å². The van der Waals surface area contributed by atoms with Gasteiger partial charge in [-0.3, -0.25) is 0 Å². The minimum absolute atomic E-state index is 0.0226. The van der Waals surface area contributed by atoms with E-state index in [0.717, 1.165) is 32.4 Å². The molecule has 0 aliphatic carbocycles. The number of pyridine rings is 1. The molecule has 3 heterocycles. The molecule has 0 amide bonds. The SMILES string of the molecule is COc1cccc(OC2COC3(CCNCC3)C2)n1. The Morgan fingerprint density at radius 1 is 1.32 bits per heavy atom. The van der Waals surface area contributed by atoms with Crippen molar-refractivity contribution in [3.63, 3.8) is 0 Å². The summed E-state index contributed by atoms with van der Waals surface area (Å²) in [5.41, 5.74) is 0.0226. The quantitative estimate of drug-likeness (QED) is 0.894. The summed E-state index contributed by atoms with van der Waals surface area (Å²) in [4.78, 5) is 4.28. The van der Waals surface area contributed by atoms with Crippen LogP contribution < -0.4 is 14.8 Å². The number of nitrogens with zero attached hydrogens (tertiary/aromatic N) is 1. The Morgan fingerprint density at radius 2 is 2.11 bits per heavy atom. The molecular weight excluding hydrogens is 244 g/mol. The van der Waals surface area contributed by atoms with Crippen LogP contribution >= 0.6 is 0 Å². The van der Waals surface area contributed by atoms with E-state index in [1.165, 1.54) is 0 Å². The van der Waals surface area contributed by atoms with Crippen molar-refractivity contribution in [3.8, 4) is 11.8 Å². The Kier molecular flexibility index (Phi) is 3.57. The molecule has 0 radical (unpaired) electrons. The summed E-state index contributed by atoms with van der Waals surface area (Å²) in [5.74, 6) is 1.19. The average Bonchev–Trinajstić information content (AvgIpc) is 2.82. The molecule has 2 saturated heterocycles. The van der Waals surface area contributed by atoms with Gasteiger partial charge in [-0.15, -0.1) is 0 Å². The lowest BCUT2D eigenvalue weighted by Crippen LogP contribution is -2.41. The smallest absolute Gasteiger partial charge is 0.216 e. The maximum atomic E-state index is 6.00. The Bertz CT molecular complexity index is 432. The number of rotatable bonds is 3. The molecule has 2 aliphatic heterocycles. The average molecular weight is 264 g/mol. The molecule has 3 rings (SSSR count). The van der Waals surface area contributed by atoms with Gasteiger partial charge in [0.1, 0.15) is 6.10 Å². The lowest BCUT2D eigenvalue weighted by Gasteiger charge is -2.32. The fourth-order valence-corrected chi connectivity index (χ4v) is 2.86. The van der Waals surface area contributed by atoms with Gasteiger partial charge in [0.2, 0.25) is 11.8 Å². The third-order valence-corrected chi connectivity index (χ3v) is 3.88. The van der Waals surface area contributed by atoms with E-state index in [1.807, 2.05) is 18.2 Å². The fourth-order valence-electron chi connectivity index (χ4n) is 2.86. The van der Waals surface area contributed by atoms with Crippen LogP contribution in [0.5, 0.6) is 11.8 Å². The predicted molar refractivity (Wildman–Crippen MR) is 70.6 cm³/mol. The molecule has 1 unspecified atom stereocenters. The summed E-state index contributed by atoms with van der Waals surface area (Å²) in [6.45, 7) is 2.72. The molecule has 1 aromatic heterocycles. The molecule has 1 atom stereocenters. The van der Waals surface area contributed by atoms with E-state index in [2.05, 4.69) is 10.3 Å². The highest BCUT2D eigenvalue weighted by Crippen LogP contribution is 2.35. The van der Waals surface area contributed by atoms with Crippen molar-refractivity contribution in [2.75, 3.05) is 26.8 Å². The zero-order valence-corrected chi connectivity index (χ0v) is 11.2. The van der Waals surface area contributed by atoms with E-state index < -0.39 is 0 Å². The molecule has 0 saturated carbocycles. The van der Waals surface area contributed by atoms with Crippen LogP contribution in [0.15, 0.2) is 18.2 Å². The van der Waals surface area contributed by atoms with Crippen LogP contribution in [0.2, 0.25) is 0 Å². The number of hydrogen-bond donors (Lipinski definition) is 1. The number of methoxy groups -OCH3 is 1. The molecular formula is C14H20N2O3. The summed E-state index contributed by atoms with van der Waals surface area (Å²) in [6, 6.07) is 5.56. The van der Waals surface area contributed by atoms with Gasteiger partial charge >= 0.3 is 0 Å².